The lowest BCUT2D eigenvalue weighted by Gasteiger charge is -2.20. The fourth-order valence-corrected chi connectivity index (χ4v) is 2.00. The van der Waals surface area contributed by atoms with Crippen molar-refractivity contribution in [2.24, 2.45) is 5.92 Å². The molecule has 0 aliphatic carbocycles. The van der Waals surface area contributed by atoms with Crippen molar-refractivity contribution in [1.29, 1.82) is 0 Å². The van der Waals surface area contributed by atoms with E-state index in [1.807, 2.05) is 12.1 Å². The number of rotatable bonds is 7. The molecule has 0 bridgehead atoms. The van der Waals surface area contributed by atoms with E-state index in [4.69, 9.17) is 9.84 Å². The highest BCUT2D eigenvalue weighted by molar-refractivity contribution is 5.87. The highest BCUT2D eigenvalue weighted by Gasteiger charge is 2.07. The summed E-state index contributed by atoms with van der Waals surface area (Å²) in [5.41, 5.74) is 1.45. The first-order valence-electron chi connectivity index (χ1n) is 6.02. The van der Waals surface area contributed by atoms with Crippen LogP contribution in [0.25, 0.3) is 0 Å². The lowest BCUT2D eigenvalue weighted by molar-refractivity contribution is 0.0697. The second-order valence-corrected chi connectivity index (χ2v) is 4.76. The summed E-state index contributed by atoms with van der Waals surface area (Å²) in [6.07, 6.45) is 0. The highest BCUT2D eigenvalue weighted by atomic mass is 16.5. The minimum absolute atomic E-state index is 0.328. The lowest BCUT2D eigenvalue weighted by atomic mass is 10.1. The van der Waals surface area contributed by atoms with Gasteiger partial charge in [-0.3, -0.25) is 0 Å². The molecular weight excluding hydrogens is 230 g/mol. The van der Waals surface area contributed by atoms with Crippen molar-refractivity contribution >= 4 is 5.97 Å². The molecule has 4 nitrogen and oxygen atoms in total. The van der Waals surface area contributed by atoms with E-state index in [0.29, 0.717) is 11.5 Å². The number of hydrogen-bond donors (Lipinski definition) is 1. The number of carboxylic acids is 1. The fraction of sp³-hybridized carbons (Fsp3) is 0.500. The molecule has 0 heterocycles. The van der Waals surface area contributed by atoms with Gasteiger partial charge in [-0.15, -0.1) is 0 Å². The molecule has 1 N–H and O–H groups in total. The molecule has 4 heteroatoms. The van der Waals surface area contributed by atoms with Crippen molar-refractivity contribution < 1.29 is 14.6 Å². The summed E-state index contributed by atoms with van der Waals surface area (Å²) in [6, 6.07) is 7.01. The standard InChI is InChI=1S/C14H21NO3/c1-11(10-18-3)8-15(2)9-12-4-6-13(7-5-12)14(16)17/h4-7,11H,8-10H2,1-3H3,(H,16,17). The number of nitrogens with zero attached hydrogens (tertiary/aromatic N) is 1. The van der Waals surface area contributed by atoms with Gasteiger partial charge in [-0.25, -0.2) is 4.79 Å². The molecule has 0 radical (unpaired) electrons. The molecule has 1 atom stereocenters. The van der Waals surface area contributed by atoms with Crippen LogP contribution in [0.4, 0.5) is 0 Å². The monoisotopic (exact) mass is 251 g/mol. The SMILES string of the molecule is COCC(C)CN(C)Cc1ccc(C(=O)O)cc1. The van der Waals surface area contributed by atoms with Crippen LogP contribution in [0.5, 0.6) is 0 Å². The van der Waals surface area contributed by atoms with Gasteiger partial charge in [-0.05, 0) is 30.7 Å². The van der Waals surface area contributed by atoms with Crippen LogP contribution < -0.4 is 0 Å². The Morgan fingerprint density at radius 1 is 1.39 bits per heavy atom. The molecule has 0 spiro atoms. The largest absolute Gasteiger partial charge is 0.478 e. The second-order valence-electron chi connectivity index (χ2n) is 4.76. The maximum Gasteiger partial charge on any atom is 0.335 e. The van der Waals surface area contributed by atoms with Gasteiger partial charge in [0, 0.05) is 26.8 Å². The Morgan fingerprint density at radius 3 is 2.50 bits per heavy atom. The van der Waals surface area contributed by atoms with Gasteiger partial charge in [0.25, 0.3) is 0 Å². The van der Waals surface area contributed by atoms with E-state index in [2.05, 4.69) is 18.9 Å². The van der Waals surface area contributed by atoms with E-state index < -0.39 is 5.97 Å². The molecule has 100 valence electrons. The van der Waals surface area contributed by atoms with Crippen LogP contribution in [-0.4, -0.2) is 43.3 Å². The Hall–Kier alpha value is -1.39. The van der Waals surface area contributed by atoms with E-state index in [0.717, 1.165) is 25.3 Å². The third-order valence-electron chi connectivity index (χ3n) is 2.73. The van der Waals surface area contributed by atoms with Crippen molar-refractivity contribution in [1.82, 2.24) is 4.90 Å². The van der Waals surface area contributed by atoms with Gasteiger partial charge in [0.1, 0.15) is 0 Å². The Morgan fingerprint density at radius 2 is 2.00 bits per heavy atom. The summed E-state index contributed by atoms with van der Waals surface area (Å²) in [4.78, 5) is 12.9. The molecule has 0 saturated heterocycles. The van der Waals surface area contributed by atoms with Crippen LogP contribution in [-0.2, 0) is 11.3 Å². The molecular formula is C14H21NO3. The number of methoxy groups -OCH3 is 1. The number of hydrogen-bond acceptors (Lipinski definition) is 3. The van der Waals surface area contributed by atoms with Gasteiger partial charge >= 0.3 is 5.97 Å². The van der Waals surface area contributed by atoms with E-state index in [-0.39, 0.29) is 0 Å². The molecule has 18 heavy (non-hydrogen) atoms. The maximum absolute atomic E-state index is 10.7. The number of carboxylic acid groups (broad SMARTS) is 1. The summed E-state index contributed by atoms with van der Waals surface area (Å²) in [5, 5.41) is 8.81. The molecule has 0 aliphatic heterocycles. The summed E-state index contributed by atoms with van der Waals surface area (Å²) in [5.74, 6) is -0.401. The van der Waals surface area contributed by atoms with Crippen molar-refractivity contribution in [3.8, 4) is 0 Å². The van der Waals surface area contributed by atoms with Gasteiger partial charge in [0.15, 0.2) is 0 Å². The molecule has 0 saturated carbocycles. The Labute approximate surface area is 108 Å². The minimum atomic E-state index is -0.886. The Bertz CT molecular complexity index is 375. The molecule has 0 amide bonds. The quantitative estimate of drug-likeness (QED) is 0.806. The van der Waals surface area contributed by atoms with Crippen LogP contribution in [0.15, 0.2) is 24.3 Å². The normalized spacial score (nSPS) is 12.7. The maximum atomic E-state index is 10.7. The number of aromatic carboxylic acids is 1. The zero-order valence-electron chi connectivity index (χ0n) is 11.2. The third-order valence-corrected chi connectivity index (χ3v) is 2.73. The van der Waals surface area contributed by atoms with Gasteiger partial charge in [-0.1, -0.05) is 19.1 Å². The molecule has 0 aliphatic rings. The molecule has 0 aromatic heterocycles. The summed E-state index contributed by atoms with van der Waals surface area (Å²) >= 11 is 0. The van der Waals surface area contributed by atoms with E-state index in [9.17, 15) is 4.79 Å². The average Bonchev–Trinajstić information content (AvgIpc) is 2.29. The van der Waals surface area contributed by atoms with Crippen LogP contribution in [0.3, 0.4) is 0 Å². The average molecular weight is 251 g/mol. The number of carbonyl (C=O) groups is 1. The van der Waals surface area contributed by atoms with Gasteiger partial charge in [-0.2, -0.15) is 0 Å². The predicted molar refractivity (Wildman–Crippen MR) is 70.8 cm³/mol. The fourth-order valence-electron chi connectivity index (χ4n) is 2.00. The van der Waals surface area contributed by atoms with E-state index in [1.54, 1.807) is 19.2 Å². The number of ether oxygens (including phenoxy) is 1. The predicted octanol–water partition coefficient (Wildman–Crippen LogP) is 2.10. The van der Waals surface area contributed by atoms with Crippen LogP contribution in [0, 0.1) is 5.92 Å². The van der Waals surface area contributed by atoms with Crippen LogP contribution >= 0.6 is 0 Å². The smallest absolute Gasteiger partial charge is 0.335 e. The first kappa shape index (κ1) is 14.7. The zero-order valence-corrected chi connectivity index (χ0v) is 11.2. The third kappa shape index (κ3) is 4.85. The van der Waals surface area contributed by atoms with Crippen molar-refractivity contribution in [3.05, 3.63) is 35.4 Å². The topological polar surface area (TPSA) is 49.8 Å². The van der Waals surface area contributed by atoms with Gasteiger partial charge < -0.3 is 14.7 Å². The summed E-state index contributed by atoms with van der Waals surface area (Å²) in [7, 11) is 3.76. The molecule has 1 unspecified atom stereocenters. The van der Waals surface area contributed by atoms with Crippen LogP contribution in [0.1, 0.15) is 22.8 Å². The van der Waals surface area contributed by atoms with Crippen molar-refractivity contribution in [3.63, 3.8) is 0 Å². The van der Waals surface area contributed by atoms with Crippen molar-refractivity contribution in [2.75, 3.05) is 27.3 Å². The minimum Gasteiger partial charge on any atom is -0.478 e. The van der Waals surface area contributed by atoms with Gasteiger partial charge in [0.2, 0.25) is 0 Å². The second kappa shape index (κ2) is 7.13. The first-order chi connectivity index (χ1) is 8.52. The molecule has 1 rings (SSSR count). The van der Waals surface area contributed by atoms with Crippen LogP contribution in [0.2, 0.25) is 0 Å². The molecule has 1 aromatic carbocycles. The Kier molecular flexibility index (Phi) is 5.82. The van der Waals surface area contributed by atoms with E-state index >= 15 is 0 Å². The Balaban J connectivity index is 2.49. The highest BCUT2D eigenvalue weighted by Crippen LogP contribution is 2.08. The summed E-state index contributed by atoms with van der Waals surface area (Å²) < 4.78 is 5.10. The molecule has 0 fully saturated rings. The first-order valence-corrected chi connectivity index (χ1v) is 6.02. The zero-order chi connectivity index (χ0) is 13.5. The van der Waals surface area contributed by atoms with Crippen molar-refractivity contribution in [2.45, 2.75) is 13.5 Å². The summed E-state index contributed by atoms with van der Waals surface area (Å²) in [6.45, 7) is 4.66. The molecule has 1 aromatic rings. The number of benzene rings is 1. The lowest BCUT2D eigenvalue weighted by Crippen LogP contribution is -2.26. The van der Waals surface area contributed by atoms with E-state index in [1.165, 1.54) is 0 Å². The van der Waals surface area contributed by atoms with Gasteiger partial charge in [0.05, 0.1) is 5.56 Å².